The van der Waals surface area contributed by atoms with Gasteiger partial charge in [-0.1, -0.05) is 34.1 Å². The van der Waals surface area contributed by atoms with Gasteiger partial charge in [0.2, 0.25) is 5.91 Å². The maximum Gasteiger partial charge on any atom is 0.227 e. The van der Waals surface area contributed by atoms with E-state index >= 15 is 0 Å². The van der Waals surface area contributed by atoms with Crippen molar-refractivity contribution in [2.45, 2.75) is 13.3 Å². The average Bonchev–Trinajstić information content (AvgIpc) is 2.44. The van der Waals surface area contributed by atoms with Gasteiger partial charge < -0.3 is 10.1 Å². The van der Waals surface area contributed by atoms with Crippen molar-refractivity contribution in [3.8, 4) is 5.75 Å². The number of anilines is 1. The molecule has 0 aliphatic rings. The lowest BCUT2D eigenvalue weighted by molar-refractivity contribution is -0.116. The quantitative estimate of drug-likeness (QED) is 0.871. The van der Waals surface area contributed by atoms with E-state index in [2.05, 4.69) is 21.2 Å². The van der Waals surface area contributed by atoms with Crippen molar-refractivity contribution in [1.82, 2.24) is 0 Å². The monoisotopic (exact) mass is 351 g/mol. The first-order valence-corrected chi connectivity index (χ1v) is 7.29. The van der Waals surface area contributed by atoms with Gasteiger partial charge in [-0.15, -0.1) is 0 Å². The number of benzene rings is 2. The third-order valence-corrected chi connectivity index (χ3v) is 3.38. The highest BCUT2D eigenvalue weighted by molar-refractivity contribution is 9.10. The molecule has 2 rings (SSSR count). The largest absolute Gasteiger partial charge is 0.493 e. The van der Waals surface area contributed by atoms with E-state index in [1.54, 1.807) is 6.07 Å². The number of hydrogen-bond donors (Lipinski definition) is 1. The molecule has 0 saturated heterocycles. The van der Waals surface area contributed by atoms with Gasteiger partial charge in [0.15, 0.2) is 0 Å². The maximum absolute atomic E-state index is 13.6. The summed E-state index contributed by atoms with van der Waals surface area (Å²) in [5.41, 5.74) is 1.18. The van der Waals surface area contributed by atoms with Gasteiger partial charge >= 0.3 is 0 Å². The van der Waals surface area contributed by atoms with Crippen LogP contribution in [0.1, 0.15) is 12.0 Å². The maximum atomic E-state index is 13.6. The molecule has 0 spiro atoms. The van der Waals surface area contributed by atoms with Crippen LogP contribution in [-0.4, -0.2) is 12.5 Å². The van der Waals surface area contributed by atoms with Gasteiger partial charge in [0.1, 0.15) is 11.6 Å². The second kappa shape index (κ2) is 7.22. The first kappa shape index (κ1) is 15.5. The molecule has 0 aromatic heterocycles. The number of rotatable bonds is 5. The molecular formula is C16H15BrFNO2. The Bertz CT molecular complexity index is 646. The predicted octanol–water partition coefficient (Wildman–Crippen LogP) is 4.30. The summed E-state index contributed by atoms with van der Waals surface area (Å²) in [4.78, 5) is 11.8. The smallest absolute Gasteiger partial charge is 0.227 e. The first-order chi connectivity index (χ1) is 10.1. The fraction of sp³-hybridized carbons (Fsp3) is 0.188. The van der Waals surface area contributed by atoms with Crippen molar-refractivity contribution in [3.05, 3.63) is 58.3 Å². The number of para-hydroxylation sites is 1. The van der Waals surface area contributed by atoms with E-state index in [0.717, 1.165) is 11.3 Å². The van der Waals surface area contributed by atoms with Crippen LogP contribution in [0.15, 0.2) is 46.9 Å². The normalized spacial score (nSPS) is 10.2. The fourth-order valence-electron chi connectivity index (χ4n) is 1.78. The van der Waals surface area contributed by atoms with E-state index < -0.39 is 5.82 Å². The highest BCUT2D eigenvalue weighted by atomic mass is 79.9. The molecular weight excluding hydrogens is 337 g/mol. The zero-order chi connectivity index (χ0) is 15.2. The summed E-state index contributed by atoms with van der Waals surface area (Å²) in [6, 6.07) is 12.1. The third kappa shape index (κ3) is 4.56. The highest BCUT2D eigenvalue weighted by Gasteiger charge is 2.08. The van der Waals surface area contributed by atoms with Crippen LogP contribution in [0.2, 0.25) is 0 Å². The Hall–Kier alpha value is -1.88. The van der Waals surface area contributed by atoms with Crippen molar-refractivity contribution in [1.29, 1.82) is 0 Å². The summed E-state index contributed by atoms with van der Waals surface area (Å²) in [5, 5.41) is 2.52. The van der Waals surface area contributed by atoms with E-state index in [1.165, 1.54) is 12.1 Å². The first-order valence-electron chi connectivity index (χ1n) is 6.49. The lowest BCUT2D eigenvalue weighted by atomic mass is 10.2. The van der Waals surface area contributed by atoms with Crippen LogP contribution < -0.4 is 10.1 Å². The molecule has 110 valence electrons. The van der Waals surface area contributed by atoms with Gasteiger partial charge in [0.05, 0.1) is 18.7 Å². The van der Waals surface area contributed by atoms with E-state index in [-0.39, 0.29) is 24.6 Å². The van der Waals surface area contributed by atoms with Gasteiger partial charge in [0, 0.05) is 4.47 Å². The van der Waals surface area contributed by atoms with Crippen LogP contribution in [0.5, 0.6) is 5.75 Å². The number of aryl methyl sites for hydroxylation is 1. The van der Waals surface area contributed by atoms with Crippen LogP contribution in [0, 0.1) is 12.7 Å². The molecule has 0 aliphatic carbocycles. The Kier molecular flexibility index (Phi) is 5.33. The van der Waals surface area contributed by atoms with E-state index in [9.17, 15) is 9.18 Å². The number of ether oxygens (including phenoxy) is 1. The summed E-state index contributed by atoms with van der Waals surface area (Å²) >= 11 is 3.16. The zero-order valence-corrected chi connectivity index (χ0v) is 13.1. The minimum atomic E-state index is -0.474. The van der Waals surface area contributed by atoms with Gasteiger partial charge in [0.25, 0.3) is 0 Å². The predicted molar refractivity (Wildman–Crippen MR) is 84.0 cm³/mol. The molecule has 0 unspecified atom stereocenters. The lowest BCUT2D eigenvalue weighted by Gasteiger charge is -2.09. The summed E-state index contributed by atoms with van der Waals surface area (Å²) < 4.78 is 19.7. The van der Waals surface area contributed by atoms with E-state index in [4.69, 9.17) is 4.74 Å². The molecule has 0 heterocycles. The summed E-state index contributed by atoms with van der Waals surface area (Å²) in [6.45, 7) is 2.18. The highest BCUT2D eigenvalue weighted by Crippen LogP contribution is 2.20. The van der Waals surface area contributed by atoms with Crippen molar-refractivity contribution < 1.29 is 13.9 Å². The van der Waals surface area contributed by atoms with Crippen molar-refractivity contribution in [2.75, 3.05) is 11.9 Å². The molecule has 2 aromatic carbocycles. The molecule has 0 fully saturated rings. The third-order valence-electron chi connectivity index (χ3n) is 2.89. The molecule has 1 amide bonds. The number of carbonyl (C=O) groups is 1. The van der Waals surface area contributed by atoms with Crippen LogP contribution in [0.25, 0.3) is 0 Å². The second-order valence-corrected chi connectivity index (χ2v) is 5.45. The molecule has 1 N–H and O–H groups in total. The van der Waals surface area contributed by atoms with Crippen molar-refractivity contribution in [2.24, 2.45) is 0 Å². The number of nitrogens with one attached hydrogen (secondary N) is 1. The second-order valence-electron chi connectivity index (χ2n) is 4.54. The zero-order valence-electron chi connectivity index (χ0n) is 11.5. The SMILES string of the molecule is Cc1ccccc1OCCC(=O)Nc1ccc(Br)cc1F. The minimum Gasteiger partial charge on any atom is -0.493 e. The van der Waals surface area contributed by atoms with Gasteiger partial charge in [-0.05, 0) is 36.8 Å². The summed E-state index contributed by atoms with van der Waals surface area (Å²) in [5.74, 6) is -0.0116. The van der Waals surface area contributed by atoms with Gasteiger partial charge in [-0.3, -0.25) is 4.79 Å². The fourth-order valence-corrected chi connectivity index (χ4v) is 2.11. The Morgan fingerprint density at radius 3 is 2.76 bits per heavy atom. The van der Waals surface area contributed by atoms with Crippen LogP contribution in [0.4, 0.5) is 10.1 Å². The number of hydrogen-bond acceptors (Lipinski definition) is 2. The summed E-state index contributed by atoms with van der Waals surface area (Å²) in [6.07, 6.45) is 0.157. The Morgan fingerprint density at radius 1 is 1.29 bits per heavy atom. The lowest BCUT2D eigenvalue weighted by Crippen LogP contribution is -2.16. The van der Waals surface area contributed by atoms with Crippen LogP contribution in [0.3, 0.4) is 0 Å². The molecule has 2 aromatic rings. The van der Waals surface area contributed by atoms with Crippen LogP contribution >= 0.6 is 15.9 Å². The molecule has 21 heavy (non-hydrogen) atoms. The number of amides is 1. The Morgan fingerprint density at radius 2 is 2.05 bits per heavy atom. The molecule has 0 saturated carbocycles. The summed E-state index contributed by atoms with van der Waals surface area (Å²) in [7, 11) is 0. The topological polar surface area (TPSA) is 38.3 Å². The number of halogens is 2. The molecule has 0 atom stereocenters. The molecule has 5 heteroatoms. The number of carbonyl (C=O) groups excluding carboxylic acids is 1. The standard InChI is InChI=1S/C16H15BrFNO2/c1-11-4-2-3-5-15(11)21-9-8-16(20)19-14-7-6-12(17)10-13(14)18/h2-7,10H,8-9H2,1H3,(H,19,20). The molecule has 0 radical (unpaired) electrons. The molecule has 0 bridgehead atoms. The Labute approximate surface area is 131 Å². The van der Waals surface area contributed by atoms with Crippen LogP contribution in [-0.2, 0) is 4.79 Å². The van der Waals surface area contributed by atoms with Gasteiger partial charge in [-0.2, -0.15) is 0 Å². The van der Waals surface area contributed by atoms with E-state index in [1.807, 2.05) is 31.2 Å². The van der Waals surface area contributed by atoms with Gasteiger partial charge in [-0.25, -0.2) is 4.39 Å². The Balaban J connectivity index is 1.84. The van der Waals surface area contributed by atoms with Crippen molar-refractivity contribution >= 4 is 27.5 Å². The molecule has 3 nitrogen and oxygen atoms in total. The molecule has 0 aliphatic heterocycles. The average molecular weight is 352 g/mol. The minimum absolute atomic E-state index is 0.157. The van der Waals surface area contributed by atoms with E-state index in [0.29, 0.717) is 4.47 Å². The van der Waals surface area contributed by atoms with Crippen molar-refractivity contribution in [3.63, 3.8) is 0 Å².